The molecule has 3 nitrogen and oxygen atoms in total. The van der Waals surface area contributed by atoms with Crippen molar-refractivity contribution in [2.75, 3.05) is 13.7 Å². The quantitative estimate of drug-likeness (QED) is 0.839. The van der Waals surface area contributed by atoms with E-state index >= 15 is 0 Å². The van der Waals surface area contributed by atoms with Gasteiger partial charge in [-0.2, -0.15) is 0 Å². The summed E-state index contributed by atoms with van der Waals surface area (Å²) in [7, 11) is 1.67. The average molecular weight is 309 g/mol. The lowest BCUT2D eigenvalue weighted by Crippen LogP contribution is -2.30. The highest BCUT2D eigenvalue weighted by Gasteiger charge is 2.34. The molecule has 0 unspecified atom stereocenters. The second-order valence-electron chi connectivity index (χ2n) is 6.16. The molecule has 23 heavy (non-hydrogen) atoms. The van der Waals surface area contributed by atoms with Gasteiger partial charge in [-0.3, -0.25) is 4.79 Å². The second-order valence-corrected chi connectivity index (χ2v) is 6.16. The Bertz CT molecular complexity index is 668. The third kappa shape index (κ3) is 3.39. The minimum absolute atomic E-state index is 0.0771. The third-order valence-electron chi connectivity index (χ3n) is 4.72. The van der Waals surface area contributed by atoms with Crippen molar-refractivity contribution in [2.45, 2.75) is 25.8 Å². The minimum Gasteiger partial charge on any atom is -0.497 e. The van der Waals surface area contributed by atoms with Gasteiger partial charge in [0.15, 0.2) is 0 Å². The number of benzene rings is 2. The van der Waals surface area contributed by atoms with Gasteiger partial charge in [0.1, 0.15) is 5.75 Å². The predicted molar refractivity (Wildman–Crippen MR) is 91.4 cm³/mol. The molecular formula is C20H23NO2. The molecule has 2 aromatic carbocycles. The van der Waals surface area contributed by atoms with E-state index < -0.39 is 0 Å². The normalized spacial score (nSPS) is 19.0. The Kier molecular flexibility index (Phi) is 4.65. The van der Waals surface area contributed by atoms with Crippen LogP contribution >= 0.6 is 0 Å². The molecule has 0 aromatic heterocycles. The van der Waals surface area contributed by atoms with E-state index in [0.717, 1.165) is 30.7 Å². The summed E-state index contributed by atoms with van der Waals surface area (Å²) in [4.78, 5) is 14.8. The number of amides is 1. The number of hydrogen-bond donors (Lipinski definition) is 0. The average Bonchev–Trinajstić information content (AvgIpc) is 2.96. The lowest BCUT2D eigenvalue weighted by molar-refractivity contribution is -0.132. The van der Waals surface area contributed by atoms with Gasteiger partial charge in [0, 0.05) is 12.5 Å². The fourth-order valence-electron chi connectivity index (χ4n) is 3.33. The van der Waals surface area contributed by atoms with Gasteiger partial charge in [-0.25, -0.2) is 0 Å². The van der Waals surface area contributed by atoms with Gasteiger partial charge in [0.25, 0.3) is 0 Å². The molecule has 1 heterocycles. The fraction of sp³-hybridized carbons (Fsp3) is 0.350. The number of hydrogen-bond acceptors (Lipinski definition) is 2. The summed E-state index contributed by atoms with van der Waals surface area (Å²) in [5.41, 5.74) is 2.36. The molecule has 0 spiro atoms. The lowest BCUT2D eigenvalue weighted by atomic mass is 9.98. The third-order valence-corrected chi connectivity index (χ3v) is 4.72. The van der Waals surface area contributed by atoms with Crippen molar-refractivity contribution in [1.82, 2.24) is 4.90 Å². The number of ether oxygens (including phenoxy) is 1. The first-order valence-corrected chi connectivity index (χ1v) is 8.17. The summed E-state index contributed by atoms with van der Waals surface area (Å²) >= 11 is 0. The van der Waals surface area contributed by atoms with E-state index in [-0.39, 0.29) is 17.9 Å². The van der Waals surface area contributed by atoms with Crippen LogP contribution in [0.15, 0.2) is 54.6 Å². The number of nitrogens with zero attached hydrogens (tertiary/aromatic N) is 1. The van der Waals surface area contributed by atoms with Crippen molar-refractivity contribution in [3.05, 3.63) is 65.7 Å². The predicted octanol–water partition coefficient (Wildman–Crippen LogP) is 3.85. The molecular weight excluding hydrogens is 286 g/mol. The van der Waals surface area contributed by atoms with Crippen molar-refractivity contribution in [3.63, 3.8) is 0 Å². The molecule has 0 radical (unpaired) electrons. The monoisotopic (exact) mass is 309 g/mol. The Morgan fingerprint density at radius 1 is 1.17 bits per heavy atom. The molecule has 1 amide bonds. The topological polar surface area (TPSA) is 29.5 Å². The first kappa shape index (κ1) is 15.6. The largest absolute Gasteiger partial charge is 0.497 e. The van der Waals surface area contributed by atoms with Gasteiger partial charge >= 0.3 is 0 Å². The summed E-state index contributed by atoms with van der Waals surface area (Å²) in [6.07, 6.45) is 1.71. The standard InChI is InChI=1S/C20H23NO2/c1-15(17-8-4-3-5-9-17)21-12-11-18(20(21)22)13-16-7-6-10-19(14-16)23-2/h3-10,14-15,18H,11-13H2,1-2H3/t15-,18-/m0/s1. The molecule has 3 heteroatoms. The van der Waals surface area contributed by atoms with Gasteiger partial charge in [-0.15, -0.1) is 0 Å². The van der Waals surface area contributed by atoms with E-state index in [0.29, 0.717) is 0 Å². The van der Waals surface area contributed by atoms with Crippen LogP contribution in [0, 0.1) is 5.92 Å². The van der Waals surface area contributed by atoms with Gasteiger partial charge in [0.2, 0.25) is 5.91 Å². The highest BCUT2D eigenvalue weighted by molar-refractivity contribution is 5.81. The Morgan fingerprint density at radius 2 is 1.96 bits per heavy atom. The van der Waals surface area contributed by atoms with Crippen LogP contribution in [0.1, 0.15) is 30.5 Å². The highest BCUT2D eigenvalue weighted by atomic mass is 16.5. The van der Waals surface area contributed by atoms with Gasteiger partial charge in [-0.05, 0) is 43.0 Å². The van der Waals surface area contributed by atoms with E-state index in [1.807, 2.05) is 41.3 Å². The van der Waals surface area contributed by atoms with Crippen LogP contribution in [0.3, 0.4) is 0 Å². The van der Waals surface area contributed by atoms with Gasteiger partial charge < -0.3 is 9.64 Å². The summed E-state index contributed by atoms with van der Waals surface area (Å²) < 4.78 is 5.27. The van der Waals surface area contributed by atoms with Crippen molar-refractivity contribution in [2.24, 2.45) is 5.92 Å². The summed E-state index contributed by atoms with van der Waals surface area (Å²) in [6.45, 7) is 2.95. The van der Waals surface area contributed by atoms with Crippen LogP contribution in [-0.2, 0) is 11.2 Å². The molecule has 1 fully saturated rings. The lowest BCUT2D eigenvalue weighted by Gasteiger charge is -2.25. The molecule has 2 atom stereocenters. The van der Waals surface area contributed by atoms with E-state index in [1.54, 1.807) is 7.11 Å². The Balaban J connectivity index is 1.69. The zero-order valence-corrected chi connectivity index (χ0v) is 13.7. The minimum atomic E-state index is 0.0771. The fourth-order valence-corrected chi connectivity index (χ4v) is 3.33. The van der Waals surface area contributed by atoms with Crippen molar-refractivity contribution in [3.8, 4) is 5.75 Å². The number of rotatable bonds is 5. The Hall–Kier alpha value is -2.29. The number of carbonyl (C=O) groups excluding carboxylic acids is 1. The number of methoxy groups -OCH3 is 1. The van der Waals surface area contributed by atoms with Crippen molar-refractivity contribution < 1.29 is 9.53 Å². The van der Waals surface area contributed by atoms with Gasteiger partial charge in [-0.1, -0.05) is 42.5 Å². The van der Waals surface area contributed by atoms with E-state index in [2.05, 4.69) is 25.1 Å². The van der Waals surface area contributed by atoms with Crippen LogP contribution in [0.25, 0.3) is 0 Å². The zero-order valence-electron chi connectivity index (χ0n) is 13.7. The highest BCUT2D eigenvalue weighted by Crippen LogP contribution is 2.30. The molecule has 2 aromatic rings. The Morgan fingerprint density at radius 3 is 2.70 bits per heavy atom. The first-order chi connectivity index (χ1) is 11.2. The zero-order chi connectivity index (χ0) is 16.2. The molecule has 1 aliphatic rings. The van der Waals surface area contributed by atoms with Crippen LogP contribution in [0.5, 0.6) is 5.75 Å². The molecule has 0 N–H and O–H groups in total. The maximum Gasteiger partial charge on any atom is 0.226 e. The van der Waals surface area contributed by atoms with Crippen molar-refractivity contribution in [1.29, 1.82) is 0 Å². The maximum absolute atomic E-state index is 12.8. The maximum atomic E-state index is 12.8. The van der Waals surface area contributed by atoms with Crippen LogP contribution in [0.2, 0.25) is 0 Å². The molecule has 3 rings (SSSR count). The summed E-state index contributed by atoms with van der Waals surface area (Å²) in [6, 6.07) is 18.4. The second kappa shape index (κ2) is 6.86. The molecule has 1 saturated heterocycles. The summed E-state index contributed by atoms with van der Waals surface area (Å²) in [5, 5.41) is 0. The number of carbonyl (C=O) groups is 1. The SMILES string of the molecule is COc1cccc(C[C@@H]2CCN([C@@H](C)c3ccccc3)C2=O)c1. The first-order valence-electron chi connectivity index (χ1n) is 8.17. The molecule has 120 valence electrons. The van der Waals surface area contributed by atoms with E-state index in [4.69, 9.17) is 4.74 Å². The number of likely N-dealkylation sites (tertiary alicyclic amines) is 1. The van der Waals surface area contributed by atoms with Crippen LogP contribution in [-0.4, -0.2) is 24.5 Å². The van der Waals surface area contributed by atoms with E-state index in [9.17, 15) is 4.79 Å². The Labute approximate surface area is 137 Å². The van der Waals surface area contributed by atoms with Crippen LogP contribution in [0.4, 0.5) is 0 Å². The molecule has 1 aliphatic heterocycles. The molecule has 0 aliphatic carbocycles. The molecule has 0 bridgehead atoms. The van der Waals surface area contributed by atoms with Crippen LogP contribution < -0.4 is 4.74 Å². The molecule has 0 saturated carbocycles. The van der Waals surface area contributed by atoms with Gasteiger partial charge in [0.05, 0.1) is 13.2 Å². The van der Waals surface area contributed by atoms with Crippen molar-refractivity contribution >= 4 is 5.91 Å². The smallest absolute Gasteiger partial charge is 0.226 e. The summed E-state index contributed by atoms with van der Waals surface area (Å²) in [5.74, 6) is 1.19. The van der Waals surface area contributed by atoms with E-state index in [1.165, 1.54) is 5.56 Å².